The summed E-state index contributed by atoms with van der Waals surface area (Å²) in [6.07, 6.45) is 1.88. The van der Waals surface area contributed by atoms with E-state index in [0.717, 1.165) is 38.7 Å². The van der Waals surface area contributed by atoms with E-state index in [2.05, 4.69) is 140 Å². The zero-order valence-corrected chi connectivity index (χ0v) is 27.7. The van der Waals surface area contributed by atoms with Gasteiger partial charge < -0.3 is 0 Å². The maximum Gasteiger partial charge on any atom is 0.237 e. The van der Waals surface area contributed by atoms with Crippen LogP contribution in [0.1, 0.15) is 25.0 Å². The second-order valence-electron chi connectivity index (χ2n) is 13.6. The molecule has 4 heterocycles. The lowest BCUT2D eigenvalue weighted by atomic mass is 9.82. The predicted molar refractivity (Wildman–Crippen MR) is 205 cm³/mol. The van der Waals surface area contributed by atoms with Crippen LogP contribution in [-0.2, 0) is 5.41 Å². The van der Waals surface area contributed by atoms with Gasteiger partial charge in [0.15, 0.2) is 0 Å². The Bertz CT molecular complexity index is 3040. The maximum atomic E-state index is 5.49. The summed E-state index contributed by atoms with van der Waals surface area (Å²) in [7, 11) is 0. The van der Waals surface area contributed by atoms with Crippen LogP contribution in [0.15, 0.2) is 134 Å². The van der Waals surface area contributed by atoms with Gasteiger partial charge in [-0.2, -0.15) is 0 Å². The summed E-state index contributed by atoms with van der Waals surface area (Å²) in [5.41, 5.74) is 10.1. The first-order valence-electron chi connectivity index (χ1n) is 16.7. The van der Waals surface area contributed by atoms with Gasteiger partial charge in [-0.3, -0.25) is 4.57 Å². The molecule has 49 heavy (non-hydrogen) atoms. The van der Waals surface area contributed by atoms with Gasteiger partial charge in [0, 0.05) is 48.8 Å². The number of benzene rings is 6. The zero-order valence-electron chi connectivity index (χ0n) is 26.9. The van der Waals surface area contributed by atoms with Gasteiger partial charge in [0.05, 0.1) is 21.4 Å². The molecule has 0 fully saturated rings. The van der Waals surface area contributed by atoms with Crippen molar-refractivity contribution in [2.45, 2.75) is 19.3 Å². The van der Waals surface area contributed by atoms with Gasteiger partial charge in [0.1, 0.15) is 5.65 Å². The van der Waals surface area contributed by atoms with Crippen LogP contribution in [0, 0.1) is 0 Å². The monoisotopic (exact) mass is 644 g/mol. The summed E-state index contributed by atoms with van der Waals surface area (Å²) in [4.78, 5) is 15.8. The number of thiophene rings is 1. The van der Waals surface area contributed by atoms with Crippen LogP contribution in [0.3, 0.4) is 0 Å². The molecule has 0 N–H and O–H groups in total. The lowest BCUT2D eigenvalue weighted by Crippen LogP contribution is -2.15. The van der Waals surface area contributed by atoms with Crippen molar-refractivity contribution in [2.24, 2.45) is 0 Å². The Hall–Kier alpha value is -5.91. The van der Waals surface area contributed by atoms with Gasteiger partial charge in [-0.1, -0.05) is 111 Å². The van der Waals surface area contributed by atoms with Crippen LogP contribution < -0.4 is 0 Å². The van der Waals surface area contributed by atoms with E-state index in [9.17, 15) is 0 Å². The molecule has 11 rings (SSSR count). The quantitative estimate of drug-likeness (QED) is 0.188. The number of aromatic nitrogens is 4. The van der Waals surface area contributed by atoms with E-state index in [0.29, 0.717) is 5.95 Å². The van der Waals surface area contributed by atoms with Crippen molar-refractivity contribution in [1.29, 1.82) is 0 Å². The van der Waals surface area contributed by atoms with Gasteiger partial charge in [0.2, 0.25) is 5.95 Å². The number of rotatable bonds is 2. The van der Waals surface area contributed by atoms with Crippen molar-refractivity contribution in [2.75, 3.05) is 0 Å². The molecule has 1 aliphatic carbocycles. The molecular formula is C44H28N4S. The Morgan fingerprint density at radius 1 is 0.592 bits per heavy atom. The Balaban J connectivity index is 1.27. The number of hydrogen-bond donors (Lipinski definition) is 0. The van der Waals surface area contributed by atoms with Crippen molar-refractivity contribution in [1.82, 2.24) is 19.5 Å². The third-order valence-corrected chi connectivity index (χ3v) is 11.8. The van der Waals surface area contributed by atoms with Gasteiger partial charge in [-0.25, -0.2) is 15.0 Å². The third kappa shape index (κ3) is 3.55. The van der Waals surface area contributed by atoms with Gasteiger partial charge in [-0.05, 0) is 63.4 Å². The Kier molecular flexibility index (Phi) is 5.30. The van der Waals surface area contributed by atoms with Crippen LogP contribution in [0.25, 0.3) is 92.1 Å². The third-order valence-electron chi connectivity index (χ3n) is 10.7. The van der Waals surface area contributed by atoms with Crippen LogP contribution in [0.5, 0.6) is 0 Å². The molecule has 1 aliphatic rings. The van der Waals surface area contributed by atoms with Crippen molar-refractivity contribution >= 4 is 75.1 Å². The molecule has 4 nitrogen and oxygen atoms in total. The van der Waals surface area contributed by atoms with Gasteiger partial charge >= 0.3 is 0 Å². The second kappa shape index (κ2) is 9.59. The highest BCUT2D eigenvalue weighted by Gasteiger charge is 2.35. The highest BCUT2D eigenvalue weighted by molar-refractivity contribution is 7.27. The minimum atomic E-state index is -0.113. The van der Waals surface area contributed by atoms with E-state index < -0.39 is 0 Å². The first kappa shape index (κ1) is 27.1. The van der Waals surface area contributed by atoms with Crippen molar-refractivity contribution in [3.63, 3.8) is 0 Å². The predicted octanol–water partition coefficient (Wildman–Crippen LogP) is 11.6. The first-order chi connectivity index (χ1) is 24.1. The lowest BCUT2D eigenvalue weighted by Gasteiger charge is -2.22. The molecule has 230 valence electrons. The van der Waals surface area contributed by atoms with Crippen LogP contribution in [0.2, 0.25) is 0 Å². The molecule has 0 saturated heterocycles. The largest absolute Gasteiger partial charge is 0.260 e. The fraction of sp³-hybridized carbons (Fsp3) is 0.0682. The summed E-state index contributed by atoms with van der Waals surface area (Å²) < 4.78 is 4.71. The Morgan fingerprint density at radius 3 is 2.16 bits per heavy atom. The minimum absolute atomic E-state index is 0.113. The Labute approximate surface area is 286 Å². The van der Waals surface area contributed by atoms with Crippen LogP contribution >= 0.6 is 11.3 Å². The molecule has 6 aromatic carbocycles. The molecular weight excluding hydrogens is 617 g/mol. The minimum Gasteiger partial charge on any atom is -0.260 e. The average molecular weight is 645 g/mol. The fourth-order valence-corrected chi connectivity index (χ4v) is 9.69. The molecule has 5 heteroatoms. The molecule has 0 unspecified atom stereocenters. The van der Waals surface area contributed by atoms with E-state index in [1.165, 1.54) is 58.6 Å². The van der Waals surface area contributed by atoms with E-state index in [4.69, 9.17) is 15.0 Å². The van der Waals surface area contributed by atoms with E-state index in [1.807, 2.05) is 23.6 Å². The SMILES string of the molecule is CC1(C)c2ccccc2-c2ccc(-c3nc(-n4c5ncccc5c5c6ccccc6c6c7ccccc7sc6c54)nc4ccccc34)cc21. The highest BCUT2D eigenvalue weighted by atomic mass is 32.1. The number of pyridine rings is 1. The fourth-order valence-electron chi connectivity index (χ4n) is 8.43. The molecule has 0 bridgehead atoms. The van der Waals surface area contributed by atoms with E-state index in [1.54, 1.807) is 0 Å². The summed E-state index contributed by atoms with van der Waals surface area (Å²) in [5.74, 6) is 0.629. The average Bonchev–Trinajstić information content (AvgIpc) is 3.78. The topological polar surface area (TPSA) is 43.6 Å². The molecule has 4 aromatic heterocycles. The number of nitrogens with zero attached hydrogens (tertiary/aromatic N) is 4. The number of para-hydroxylation sites is 1. The smallest absolute Gasteiger partial charge is 0.237 e. The normalized spacial score (nSPS) is 13.7. The molecule has 0 spiro atoms. The number of fused-ring (bicyclic) bond motifs is 14. The summed E-state index contributed by atoms with van der Waals surface area (Å²) in [6, 6.07) is 45.8. The standard InChI is InChI=1S/C44H28N4S/c1-44(2)33-18-8-5-12-26(33)27-22-21-25(24-34(27)44)39-30-15-6-9-19-35(30)46-43(47-39)48-40-37(32-17-11-23-45-42(32)48)28-13-3-4-14-29(28)38-31-16-7-10-20-36(31)49-41(38)40/h3-24H,1-2H3. The summed E-state index contributed by atoms with van der Waals surface area (Å²) in [6.45, 7) is 4.66. The molecule has 10 aromatic rings. The molecule has 0 radical (unpaired) electrons. The van der Waals surface area contributed by atoms with Crippen LogP contribution in [-0.4, -0.2) is 19.5 Å². The maximum absolute atomic E-state index is 5.49. The second-order valence-corrected chi connectivity index (χ2v) is 14.7. The molecule has 0 amide bonds. The van der Waals surface area contributed by atoms with E-state index in [-0.39, 0.29) is 5.41 Å². The van der Waals surface area contributed by atoms with Gasteiger partial charge in [-0.15, -0.1) is 11.3 Å². The molecule has 0 atom stereocenters. The number of hydrogen-bond acceptors (Lipinski definition) is 4. The Morgan fingerprint density at radius 2 is 1.29 bits per heavy atom. The first-order valence-corrected chi connectivity index (χ1v) is 17.5. The molecule has 0 saturated carbocycles. The molecule has 0 aliphatic heterocycles. The summed E-state index contributed by atoms with van der Waals surface area (Å²) >= 11 is 1.84. The van der Waals surface area contributed by atoms with E-state index >= 15 is 0 Å². The van der Waals surface area contributed by atoms with Crippen molar-refractivity contribution in [3.05, 3.63) is 145 Å². The van der Waals surface area contributed by atoms with Crippen molar-refractivity contribution in [3.8, 4) is 28.3 Å². The van der Waals surface area contributed by atoms with Crippen LogP contribution in [0.4, 0.5) is 0 Å². The van der Waals surface area contributed by atoms with Gasteiger partial charge in [0.25, 0.3) is 0 Å². The lowest BCUT2D eigenvalue weighted by molar-refractivity contribution is 0.660. The zero-order chi connectivity index (χ0) is 32.4. The highest BCUT2D eigenvalue weighted by Crippen LogP contribution is 2.50. The summed E-state index contributed by atoms with van der Waals surface area (Å²) in [5, 5.41) is 8.34. The van der Waals surface area contributed by atoms with Crippen molar-refractivity contribution < 1.29 is 0 Å².